The van der Waals surface area contributed by atoms with E-state index in [2.05, 4.69) is 146 Å². The van der Waals surface area contributed by atoms with Gasteiger partial charge in [-0.15, -0.1) is 9.24 Å². The van der Waals surface area contributed by atoms with Crippen LogP contribution in [0, 0.1) is 0 Å². The topological polar surface area (TPSA) is 25.8 Å². The van der Waals surface area contributed by atoms with Crippen LogP contribution in [0.4, 0.5) is 0 Å². The Morgan fingerprint density at radius 1 is 0.894 bits per heavy atom. The molecule has 47 heavy (non-hydrogen) atoms. The van der Waals surface area contributed by atoms with E-state index in [9.17, 15) is 0 Å². The van der Waals surface area contributed by atoms with E-state index in [1.807, 2.05) is 0 Å². The fourth-order valence-corrected chi connectivity index (χ4v) is 8.84. The van der Waals surface area contributed by atoms with Gasteiger partial charge in [0.05, 0.1) is 17.5 Å². The highest BCUT2D eigenvalue weighted by Gasteiger charge is 2.43. The molecule has 3 aromatic heterocycles. The van der Waals surface area contributed by atoms with Gasteiger partial charge in [0.2, 0.25) is 5.69 Å². The SMILES string of the molecule is C=C1CC2C(CCc3ccc4c(oc5ccccc54)c3-c3cccc[n+]31)c1ccccc1-c1n(-c3c(P)cccc3CCC)cc[n+]12. The number of benzene rings is 4. The number of furan rings is 1. The Balaban J connectivity index is 1.25. The number of pyridine rings is 1. The van der Waals surface area contributed by atoms with Gasteiger partial charge in [-0.25, -0.2) is 4.57 Å². The van der Waals surface area contributed by atoms with Gasteiger partial charge in [-0.1, -0.05) is 80.1 Å². The molecule has 3 unspecified atom stereocenters. The van der Waals surface area contributed by atoms with Crippen molar-refractivity contribution in [2.45, 2.75) is 51.0 Å². The van der Waals surface area contributed by atoms with Crippen LogP contribution in [-0.2, 0) is 12.8 Å². The molecule has 5 heteroatoms. The Morgan fingerprint density at radius 3 is 2.66 bits per heavy atom. The largest absolute Gasteiger partial charge is 0.455 e. The summed E-state index contributed by atoms with van der Waals surface area (Å²) in [6.07, 6.45) is 11.7. The Hall–Kier alpha value is -4.79. The molecule has 5 heterocycles. The van der Waals surface area contributed by atoms with Crippen molar-refractivity contribution >= 4 is 42.2 Å². The predicted molar refractivity (Wildman–Crippen MR) is 194 cm³/mol. The number of allylic oxidation sites excluding steroid dienone is 1. The molecule has 9 rings (SSSR count). The number of nitrogens with zero attached hydrogens (tertiary/aromatic N) is 3. The first-order valence-corrected chi connectivity index (χ1v) is 17.4. The van der Waals surface area contributed by atoms with Crippen molar-refractivity contribution in [3.05, 3.63) is 139 Å². The summed E-state index contributed by atoms with van der Waals surface area (Å²) in [5.74, 6) is 1.57. The Morgan fingerprint density at radius 2 is 1.74 bits per heavy atom. The monoisotopic (exact) mass is 631 g/mol. The highest BCUT2D eigenvalue weighted by molar-refractivity contribution is 7.27. The molecule has 7 aromatic rings. The fourth-order valence-electron chi connectivity index (χ4n) is 8.40. The molecule has 0 radical (unpaired) electrons. The van der Waals surface area contributed by atoms with Crippen LogP contribution in [0.5, 0.6) is 0 Å². The molecule has 2 aliphatic heterocycles. The molecule has 0 amide bonds. The van der Waals surface area contributed by atoms with Crippen molar-refractivity contribution in [2.24, 2.45) is 0 Å². The minimum absolute atomic E-state index is 0.219. The zero-order chi connectivity index (χ0) is 31.6. The van der Waals surface area contributed by atoms with Crippen molar-refractivity contribution in [3.8, 4) is 28.3 Å². The number of aromatic nitrogens is 3. The normalized spacial score (nSPS) is 17.1. The summed E-state index contributed by atoms with van der Waals surface area (Å²) in [5.41, 5.74) is 12.0. The van der Waals surface area contributed by atoms with Gasteiger partial charge in [-0.05, 0) is 60.7 Å². The van der Waals surface area contributed by atoms with Crippen LogP contribution in [0.1, 0.15) is 54.8 Å². The van der Waals surface area contributed by atoms with Gasteiger partial charge in [0, 0.05) is 34.1 Å². The third-order valence-electron chi connectivity index (χ3n) is 10.4. The van der Waals surface area contributed by atoms with E-state index in [1.54, 1.807) is 0 Å². The van der Waals surface area contributed by atoms with Crippen molar-refractivity contribution in [1.82, 2.24) is 4.57 Å². The van der Waals surface area contributed by atoms with E-state index in [-0.39, 0.29) is 6.04 Å². The second-order valence-corrected chi connectivity index (χ2v) is 13.7. The zero-order valence-electron chi connectivity index (χ0n) is 26.7. The smallest absolute Gasteiger partial charge is 0.294 e. The highest BCUT2D eigenvalue weighted by Crippen LogP contribution is 2.46. The first-order valence-electron chi connectivity index (χ1n) is 16.8. The summed E-state index contributed by atoms with van der Waals surface area (Å²) >= 11 is 0. The van der Waals surface area contributed by atoms with Gasteiger partial charge in [0.25, 0.3) is 5.82 Å². The molecule has 0 spiro atoms. The first kappa shape index (κ1) is 28.4. The van der Waals surface area contributed by atoms with Gasteiger partial charge < -0.3 is 4.42 Å². The van der Waals surface area contributed by atoms with E-state index < -0.39 is 0 Å². The third kappa shape index (κ3) is 4.38. The number of rotatable bonds is 3. The maximum absolute atomic E-state index is 6.65. The van der Waals surface area contributed by atoms with Gasteiger partial charge in [0.1, 0.15) is 35.3 Å². The van der Waals surface area contributed by atoms with Crippen LogP contribution >= 0.6 is 9.24 Å². The molecule has 230 valence electrons. The number of hydrogen-bond acceptors (Lipinski definition) is 1. The van der Waals surface area contributed by atoms with Crippen molar-refractivity contribution in [3.63, 3.8) is 0 Å². The molecule has 0 fully saturated rings. The van der Waals surface area contributed by atoms with Crippen LogP contribution in [0.3, 0.4) is 0 Å². The Kier molecular flexibility index (Phi) is 6.76. The molecule has 0 N–H and O–H groups in total. The van der Waals surface area contributed by atoms with Crippen LogP contribution in [0.15, 0.2) is 127 Å². The van der Waals surface area contributed by atoms with Crippen LogP contribution in [0.25, 0.3) is 56.0 Å². The van der Waals surface area contributed by atoms with Crippen molar-refractivity contribution in [2.75, 3.05) is 0 Å². The van der Waals surface area contributed by atoms with E-state index in [4.69, 9.17) is 11.0 Å². The first-order chi connectivity index (χ1) is 23.1. The molecule has 2 aliphatic rings. The average Bonchev–Trinajstić information content (AvgIpc) is 3.70. The molecular weight excluding hydrogens is 593 g/mol. The van der Waals surface area contributed by atoms with Crippen LogP contribution < -0.4 is 14.4 Å². The summed E-state index contributed by atoms with van der Waals surface area (Å²) < 4.78 is 14.0. The lowest BCUT2D eigenvalue weighted by molar-refractivity contribution is -0.719. The molecular formula is C42H38N3OP+2. The number of imidazole rings is 1. The summed E-state index contributed by atoms with van der Waals surface area (Å²) in [6, 6.07) is 35.5. The second kappa shape index (κ2) is 11.2. The molecule has 3 atom stereocenters. The molecule has 4 aromatic carbocycles. The lowest BCUT2D eigenvalue weighted by atomic mass is 9.78. The van der Waals surface area contributed by atoms with Gasteiger partial charge in [-0.2, -0.15) is 9.13 Å². The lowest BCUT2D eigenvalue weighted by Crippen LogP contribution is -2.49. The molecule has 4 nitrogen and oxygen atoms in total. The number of aryl methyl sites for hydroxylation is 2. The van der Waals surface area contributed by atoms with Crippen LogP contribution in [0.2, 0.25) is 0 Å². The maximum Gasteiger partial charge on any atom is 0.294 e. The lowest BCUT2D eigenvalue weighted by Gasteiger charge is -2.32. The average molecular weight is 632 g/mol. The molecule has 0 saturated carbocycles. The van der Waals surface area contributed by atoms with Gasteiger partial charge in [0.15, 0.2) is 11.9 Å². The van der Waals surface area contributed by atoms with Crippen molar-refractivity contribution in [1.29, 1.82) is 0 Å². The molecule has 0 saturated heterocycles. The van der Waals surface area contributed by atoms with E-state index in [0.29, 0.717) is 5.92 Å². The highest BCUT2D eigenvalue weighted by atomic mass is 31.0. The van der Waals surface area contributed by atoms with E-state index in [1.165, 1.54) is 44.6 Å². The molecule has 0 aliphatic carbocycles. The third-order valence-corrected chi connectivity index (χ3v) is 10.9. The number of hydrogen-bond donors (Lipinski definition) is 0. The summed E-state index contributed by atoms with van der Waals surface area (Å²) in [4.78, 5) is 0. The van der Waals surface area contributed by atoms with E-state index >= 15 is 0 Å². The minimum Gasteiger partial charge on any atom is -0.455 e. The Bertz CT molecular complexity index is 2360. The fraction of sp³-hybridized carbons (Fsp3) is 0.190. The standard InChI is InChI=1S/C42H38N3OP/c1-3-11-29-12-10-18-38(47)40(29)45-25-24-44-36-26-27(2)43-23-9-8-16-35(43)39-28(19-21-31(36)30-13-4-5-15-34(30)42(44)45)20-22-33-32-14-6-7-17-37(32)46-41(33)39/h4-10,12-18,20,22-25,31,36H,2-3,11,19,21,26,47H2,1H3/q+2. The quantitative estimate of drug-likeness (QED) is 0.141. The summed E-state index contributed by atoms with van der Waals surface area (Å²) in [6.45, 7) is 7.03. The maximum atomic E-state index is 6.65. The van der Waals surface area contributed by atoms with E-state index in [0.717, 1.165) is 65.4 Å². The Labute approximate surface area is 277 Å². The molecule has 0 bridgehead atoms. The van der Waals surface area contributed by atoms with Crippen molar-refractivity contribution < 1.29 is 13.6 Å². The summed E-state index contributed by atoms with van der Waals surface area (Å²) in [7, 11) is 3.00. The van der Waals surface area contributed by atoms with Gasteiger partial charge in [-0.3, -0.25) is 0 Å². The second-order valence-electron chi connectivity index (χ2n) is 13.1. The van der Waals surface area contributed by atoms with Crippen LogP contribution in [-0.4, -0.2) is 4.57 Å². The summed E-state index contributed by atoms with van der Waals surface area (Å²) in [5, 5.41) is 3.55. The number of fused-ring (bicyclic) bond motifs is 13. The predicted octanol–water partition coefficient (Wildman–Crippen LogP) is 8.88. The zero-order valence-corrected chi connectivity index (χ0v) is 27.8. The minimum atomic E-state index is 0.219. The van der Waals surface area contributed by atoms with Gasteiger partial charge >= 0.3 is 0 Å². The number of para-hydroxylation sites is 2.